The van der Waals surface area contributed by atoms with Crippen molar-refractivity contribution in [3.8, 4) is 11.5 Å². The van der Waals surface area contributed by atoms with E-state index in [9.17, 15) is 4.79 Å². The maximum absolute atomic E-state index is 11.8. The van der Waals surface area contributed by atoms with E-state index in [1.165, 1.54) is 6.08 Å². The molecular formula is C18H21NO4. The zero-order chi connectivity index (χ0) is 16.5. The monoisotopic (exact) mass is 315 g/mol. The number of hydrogen-bond acceptors (Lipinski definition) is 4. The van der Waals surface area contributed by atoms with Gasteiger partial charge in [-0.3, -0.25) is 4.79 Å². The lowest BCUT2D eigenvalue weighted by Crippen LogP contribution is -2.19. The van der Waals surface area contributed by atoms with Crippen molar-refractivity contribution in [3.63, 3.8) is 0 Å². The largest absolute Gasteiger partial charge is 0.490 e. The molecule has 5 heteroatoms. The summed E-state index contributed by atoms with van der Waals surface area (Å²) in [7, 11) is 0. The van der Waals surface area contributed by atoms with Crippen molar-refractivity contribution in [3.05, 3.63) is 54.0 Å². The van der Waals surface area contributed by atoms with Crippen LogP contribution >= 0.6 is 0 Å². The first-order valence-electron chi connectivity index (χ1n) is 7.60. The molecule has 23 heavy (non-hydrogen) atoms. The van der Waals surface area contributed by atoms with Crippen LogP contribution in [0.3, 0.4) is 0 Å². The predicted octanol–water partition coefficient (Wildman–Crippen LogP) is 3.41. The second-order valence-electron chi connectivity index (χ2n) is 4.70. The van der Waals surface area contributed by atoms with Gasteiger partial charge >= 0.3 is 0 Å². The lowest BCUT2D eigenvalue weighted by molar-refractivity contribution is -0.116. The van der Waals surface area contributed by atoms with Crippen LogP contribution in [-0.2, 0) is 11.3 Å². The highest BCUT2D eigenvalue weighted by Gasteiger charge is 2.05. The maximum atomic E-state index is 11.8. The van der Waals surface area contributed by atoms with Crippen molar-refractivity contribution in [2.45, 2.75) is 20.4 Å². The molecule has 0 aliphatic heterocycles. The molecule has 2 aromatic rings. The van der Waals surface area contributed by atoms with Gasteiger partial charge in [0, 0.05) is 6.08 Å². The van der Waals surface area contributed by atoms with Gasteiger partial charge in [0.05, 0.1) is 26.0 Å². The fraction of sp³-hybridized carbons (Fsp3) is 0.278. The van der Waals surface area contributed by atoms with Gasteiger partial charge in [0.2, 0.25) is 5.91 Å². The summed E-state index contributed by atoms with van der Waals surface area (Å²) in [6, 6.07) is 9.17. The predicted molar refractivity (Wildman–Crippen MR) is 88.4 cm³/mol. The SMILES string of the molecule is CCOc1ccc(C=CC(=O)NCc2ccco2)cc1OCC. The van der Waals surface area contributed by atoms with E-state index in [1.807, 2.05) is 38.1 Å². The summed E-state index contributed by atoms with van der Waals surface area (Å²) >= 11 is 0. The summed E-state index contributed by atoms with van der Waals surface area (Å²) in [6.45, 7) is 5.33. The van der Waals surface area contributed by atoms with E-state index in [2.05, 4.69) is 5.32 Å². The van der Waals surface area contributed by atoms with Crippen LogP contribution in [0.4, 0.5) is 0 Å². The summed E-state index contributed by atoms with van der Waals surface area (Å²) in [5.74, 6) is 1.90. The van der Waals surface area contributed by atoms with Crippen LogP contribution in [0.1, 0.15) is 25.2 Å². The van der Waals surface area contributed by atoms with Gasteiger partial charge in [-0.1, -0.05) is 6.07 Å². The molecule has 5 nitrogen and oxygen atoms in total. The van der Waals surface area contributed by atoms with Crippen LogP contribution in [-0.4, -0.2) is 19.1 Å². The lowest BCUT2D eigenvalue weighted by Gasteiger charge is -2.11. The molecule has 1 heterocycles. The molecule has 0 aliphatic carbocycles. The van der Waals surface area contributed by atoms with Gasteiger partial charge < -0.3 is 19.2 Å². The fourth-order valence-electron chi connectivity index (χ4n) is 1.99. The second kappa shape index (κ2) is 8.68. The van der Waals surface area contributed by atoms with Crippen LogP contribution in [0.5, 0.6) is 11.5 Å². The molecule has 0 saturated carbocycles. The molecule has 0 aliphatic rings. The minimum absolute atomic E-state index is 0.187. The number of rotatable bonds is 8. The van der Waals surface area contributed by atoms with Gasteiger partial charge in [-0.15, -0.1) is 0 Å². The van der Waals surface area contributed by atoms with Crippen molar-refractivity contribution < 1.29 is 18.7 Å². The van der Waals surface area contributed by atoms with Crippen molar-refractivity contribution in [1.82, 2.24) is 5.32 Å². The number of ether oxygens (including phenoxy) is 2. The van der Waals surface area contributed by atoms with Crippen molar-refractivity contribution in [2.24, 2.45) is 0 Å². The molecule has 0 fully saturated rings. The van der Waals surface area contributed by atoms with Crippen LogP contribution < -0.4 is 14.8 Å². The minimum Gasteiger partial charge on any atom is -0.490 e. The Morgan fingerprint density at radius 3 is 2.65 bits per heavy atom. The Kier molecular flexibility index (Phi) is 6.29. The summed E-state index contributed by atoms with van der Waals surface area (Å²) < 4.78 is 16.2. The van der Waals surface area contributed by atoms with E-state index in [1.54, 1.807) is 18.4 Å². The van der Waals surface area contributed by atoms with Gasteiger partial charge in [-0.2, -0.15) is 0 Å². The third-order valence-electron chi connectivity index (χ3n) is 3.01. The normalized spacial score (nSPS) is 10.7. The molecule has 0 atom stereocenters. The van der Waals surface area contributed by atoms with E-state index >= 15 is 0 Å². The van der Waals surface area contributed by atoms with Gasteiger partial charge in [0.25, 0.3) is 0 Å². The Bertz CT molecular complexity index is 647. The van der Waals surface area contributed by atoms with Crippen molar-refractivity contribution in [1.29, 1.82) is 0 Å². The zero-order valence-electron chi connectivity index (χ0n) is 13.4. The maximum Gasteiger partial charge on any atom is 0.244 e. The van der Waals surface area contributed by atoms with Crippen LogP contribution in [0.2, 0.25) is 0 Å². The first-order chi connectivity index (χ1) is 11.2. The molecule has 0 bridgehead atoms. The third-order valence-corrected chi connectivity index (χ3v) is 3.01. The molecule has 2 rings (SSSR count). The van der Waals surface area contributed by atoms with E-state index in [4.69, 9.17) is 13.9 Å². The molecule has 0 saturated heterocycles. The van der Waals surface area contributed by atoms with Crippen LogP contribution in [0, 0.1) is 0 Å². The van der Waals surface area contributed by atoms with E-state index < -0.39 is 0 Å². The van der Waals surface area contributed by atoms with E-state index in [-0.39, 0.29) is 5.91 Å². The number of carbonyl (C=O) groups excluding carboxylic acids is 1. The molecule has 1 aromatic heterocycles. The van der Waals surface area contributed by atoms with E-state index in [0.29, 0.717) is 37.0 Å². The number of hydrogen-bond donors (Lipinski definition) is 1. The zero-order valence-corrected chi connectivity index (χ0v) is 13.4. The molecule has 122 valence electrons. The number of benzene rings is 1. The summed E-state index contributed by atoms with van der Waals surface area (Å²) in [5.41, 5.74) is 0.866. The lowest BCUT2D eigenvalue weighted by atomic mass is 10.2. The summed E-state index contributed by atoms with van der Waals surface area (Å²) in [6.07, 6.45) is 4.79. The molecule has 1 aromatic carbocycles. The van der Waals surface area contributed by atoms with Gasteiger partial charge in [0.1, 0.15) is 5.76 Å². The number of nitrogens with one attached hydrogen (secondary N) is 1. The highest BCUT2D eigenvalue weighted by molar-refractivity contribution is 5.91. The number of carbonyl (C=O) groups is 1. The number of amides is 1. The van der Waals surface area contributed by atoms with Gasteiger partial charge in [-0.25, -0.2) is 0 Å². The molecule has 0 spiro atoms. The van der Waals surface area contributed by atoms with Gasteiger partial charge in [-0.05, 0) is 49.8 Å². The quantitative estimate of drug-likeness (QED) is 0.758. The second-order valence-corrected chi connectivity index (χ2v) is 4.70. The minimum atomic E-state index is -0.187. The Hall–Kier alpha value is -2.69. The van der Waals surface area contributed by atoms with Gasteiger partial charge in [0.15, 0.2) is 11.5 Å². The fourth-order valence-corrected chi connectivity index (χ4v) is 1.99. The van der Waals surface area contributed by atoms with Crippen molar-refractivity contribution >= 4 is 12.0 Å². The average molecular weight is 315 g/mol. The smallest absolute Gasteiger partial charge is 0.244 e. The molecule has 0 radical (unpaired) electrons. The standard InChI is InChI=1S/C18H21NO4/c1-3-21-16-9-7-14(12-17(16)22-4-2)8-10-18(20)19-13-15-6-5-11-23-15/h5-12H,3-4,13H2,1-2H3,(H,19,20). The number of furan rings is 1. The average Bonchev–Trinajstić information content (AvgIpc) is 3.07. The highest BCUT2D eigenvalue weighted by atomic mass is 16.5. The first kappa shape index (κ1) is 16.7. The Morgan fingerprint density at radius 2 is 1.96 bits per heavy atom. The topological polar surface area (TPSA) is 60.7 Å². The Balaban J connectivity index is 1.97. The Labute approximate surface area is 135 Å². The van der Waals surface area contributed by atoms with Crippen LogP contribution in [0.15, 0.2) is 47.1 Å². The molecule has 0 unspecified atom stereocenters. The first-order valence-corrected chi connectivity index (χ1v) is 7.60. The third kappa shape index (κ3) is 5.21. The summed E-state index contributed by atoms with van der Waals surface area (Å²) in [5, 5.41) is 2.75. The molecule has 1 amide bonds. The summed E-state index contributed by atoms with van der Waals surface area (Å²) in [4.78, 5) is 11.8. The molecule has 1 N–H and O–H groups in total. The van der Waals surface area contributed by atoms with Crippen LogP contribution in [0.25, 0.3) is 6.08 Å². The van der Waals surface area contributed by atoms with Crippen molar-refractivity contribution in [2.75, 3.05) is 13.2 Å². The highest BCUT2D eigenvalue weighted by Crippen LogP contribution is 2.28. The Morgan fingerprint density at radius 1 is 1.17 bits per heavy atom. The molecular weight excluding hydrogens is 294 g/mol. The van der Waals surface area contributed by atoms with E-state index in [0.717, 1.165) is 5.56 Å².